The first kappa shape index (κ1) is 13.8. The number of fused-ring (bicyclic) bond motifs is 2. The van der Waals surface area contributed by atoms with E-state index in [1.807, 2.05) is 0 Å². The van der Waals surface area contributed by atoms with Gasteiger partial charge in [-0.1, -0.05) is 0 Å². The number of likely N-dealkylation sites (N-methyl/N-ethyl adjacent to an activating group) is 1. The predicted molar refractivity (Wildman–Crippen MR) is 79.3 cm³/mol. The van der Waals surface area contributed by atoms with Gasteiger partial charge in [0.05, 0.1) is 0 Å². The van der Waals surface area contributed by atoms with Crippen LogP contribution in [0.25, 0.3) is 0 Å². The number of nitrogens with two attached hydrogens (primary N) is 1. The zero-order valence-electron chi connectivity index (χ0n) is 12.5. The van der Waals surface area contributed by atoms with Crippen LogP contribution in [0.1, 0.15) is 25.7 Å². The Bertz CT molecular complexity index is 303. The van der Waals surface area contributed by atoms with Crippen LogP contribution in [0.15, 0.2) is 0 Å². The van der Waals surface area contributed by atoms with Gasteiger partial charge in [0, 0.05) is 31.7 Å². The molecule has 0 aliphatic carbocycles. The molecule has 0 spiro atoms. The van der Waals surface area contributed by atoms with E-state index in [0.717, 1.165) is 12.5 Å². The van der Waals surface area contributed by atoms with Gasteiger partial charge in [0.2, 0.25) is 0 Å². The lowest BCUT2D eigenvalue weighted by atomic mass is 9.77. The van der Waals surface area contributed by atoms with E-state index >= 15 is 0 Å². The number of nitrogens with zero attached hydrogens (tertiary/aromatic N) is 3. The minimum Gasteiger partial charge on any atom is -0.329 e. The molecule has 3 unspecified atom stereocenters. The van der Waals surface area contributed by atoms with Crippen molar-refractivity contribution >= 4 is 0 Å². The van der Waals surface area contributed by atoms with E-state index in [-0.39, 0.29) is 5.54 Å². The number of likely N-dealkylation sites (tertiary alicyclic amines) is 1. The monoisotopic (exact) mass is 266 g/mol. The highest BCUT2D eigenvalue weighted by Crippen LogP contribution is 2.38. The highest BCUT2D eigenvalue weighted by Gasteiger charge is 2.47. The second kappa shape index (κ2) is 5.68. The Labute approximate surface area is 117 Å². The van der Waals surface area contributed by atoms with Crippen LogP contribution in [0.2, 0.25) is 0 Å². The summed E-state index contributed by atoms with van der Waals surface area (Å²) >= 11 is 0. The molecule has 0 aromatic heterocycles. The van der Waals surface area contributed by atoms with E-state index in [4.69, 9.17) is 5.73 Å². The second-order valence-electron chi connectivity index (χ2n) is 6.81. The van der Waals surface area contributed by atoms with Crippen molar-refractivity contribution in [2.75, 3.05) is 59.4 Å². The van der Waals surface area contributed by atoms with Gasteiger partial charge in [-0.2, -0.15) is 0 Å². The van der Waals surface area contributed by atoms with Crippen molar-refractivity contribution in [1.82, 2.24) is 14.7 Å². The number of rotatable bonds is 5. The summed E-state index contributed by atoms with van der Waals surface area (Å²) in [5.74, 6) is 0.801. The SMILES string of the molecule is CN(CCN1CCCC1)C1(CN)CCN2CCC1C2. The molecular weight excluding hydrogens is 236 g/mol. The molecule has 3 aliphatic heterocycles. The van der Waals surface area contributed by atoms with Gasteiger partial charge in [0.1, 0.15) is 0 Å². The van der Waals surface area contributed by atoms with Gasteiger partial charge in [-0.15, -0.1) is 0 Å². The highest BCUT2D eigenvalue weighted by molar-refractivity contribution is 5.04. The molecule has 3 rings (SSSR count). The normalized spacial score (nSPS) is 39.3. The highest BCUT2D eigenvalue weighted by atomic mass is 15.3. The quantitative estimate of drug-likeness (QED) is 0.783. The predicted octanol–water partition coefficient (Wildman–Crippen LogP) is 0.437. The molecule has 2 N–H and O–H groups in total. The Morgan fingerprint density at radius 3 is 2.74 bits per heavy atom. The molecule has 0 aromatic carbocycles. The first-order valence-electron chi connectivity index (χ1n) is 8.10. The molecule has 19 heavy (non-hydrogen) atoms. The van der Waals surface area contributed by atoms with Crippen LogP contribution in [-0.2, 0) is 0 Å². The van der Waals surface area contributed by atoms with Crippen molar-refractivity contribution in [3.8, 4) is 0 Å². The molecule has 2 bridgehead atoms. The molecule has 3 fully saturated rings. The summed E-state index contributed by atoms with van der Waals surface area (Å²) in [7, 11) is 2.32. The summed E-state index contributed by atoms with van der Waals surface area (Å²) in [6, 6.07) is 0. The van der Waals surface area contributed by atoms with E-state index in [2.05, 4.69) is 21.7 Å². The van der Waals surface area contributed by atoms with E-state index < -0.39 is 0 Å². The molecule has 3 saturated heterocycles. The fraction of sp³-hybridized carbons (Fsp3) is 1.00. The van der Waals surface area contributed by atoms with Crippen LogP contribution >= 0.6 is 0 Å². The molecule has 0 aromatic rings. The Morgan fingerprint density at radius 2 is 2.00 bits per heavy atom. The third-order valence-electron chi connectivity index (χ3n) is 5.96. The molecule has 110 valence electrons. The maximum Gasteiger partial charge on any atom is 0.0382 e. The van der Waals surface area contributed by atoms with Gasteiger partial charge in [-0.05, 0) is 64.8 Å². The van der Waals surface area contributed by atoms with Crippen molar-refractivity contribution in [2.24, 2.45) is 11.7 Å². The maximum absolute atomic E-state index is 6.23. The van der Waals surface area contributed by atoms with Crippen LogP contribution in [0.5, 0.6) is 0 Å². The first-order chi connectivity index (χ1) is 9.24. The maximum atomic E-state index is 6.23. The Balaban J connectivity index is 1.60. The van der Waals surface area contributed by atoms with Crippen molar-refractivity contribution in [3.63, 3.8) is 0 Å². The van der Waals surface area contributed by atoms with Gasteiger partial charge in [-0.25, -0.2) is 0 Å². The van der Waals surface area contributed by atoms with Crippen molar-refractivity contribution < 1.29 is 0 Å². The molecule has 0 radical (unpaired) electrons. The zero-order valence-corrected chi connectivity index (χ0v) is 12.5. The molecule has 4 nitrogen and oxygen atoms in total. The smallest absolute Gasteiger partial charge is 0.0382 e. The Kier molecular flexibility index (Phi) is 4.13. The Hall–Kier alpha value is -0.160. The largest absolute Gasteiger partial charge is 0.329 e. The first-order valence-corrected chi connectivity index (χ1v) is 8.10. The van der Waals surface area contributed by atoms with Gasteiger partial charge >= 0.3 is 0 Å². The summed E-state index contributed by atoms with van der Waals surface area (Å²) < 4.78 is 0. The average molecular weight is 266 g/mol. The number of piperidine rings is 1. The van der Waals surface area contributed by atoms with Crippen LogP contribution in [0.4, 0.5) is 0 Å². The van der Waals surface area contributed by atoms with Gasteiger partial charge in [-0.3, -0.25) is 4.90 Å². The van der Waals surface area contributed by atoms with Gasteiger partial charge in [0.25, 0.3) is 0 Å². The van der Waals surface area contributed by atoms with Gasteiger partial charge in [0.15, 0.2) is 0 Å². The molecular formula is C15H30N4. The minimum absolute atomic E-state index is 0.284. The molecule has 3 atom stereocenters. The summed E-state index contributed by atoms with van der Waals surface area (Å²) in [5, 5.41) is 0. The summed E-state index contributed by atoms with van der Waals surface area (Å²) in [5.41, 5.74) is 6.52. The van der Waals surface area contributed by atoms with Crippen LogP contribution in [-0.4, -0.2) is 79.6 Å². The minimum atomic E-state index is 0.284. The molecule has 4 heteroatoms. The fourth-order valence-electron chi connectivity index (χ4n) is 4.48. The van der Waals surface area contributed by atoms with Gasteiger partial charge < -0.3 is 15.5 Å². The lowest BCUT2D eigenvalue weighted by Gasteiger charge is -2.49. The summed E-state index contributed by atoms with van der Waals surface area (Å²) in [6.07, 6.45) is 5.41. The van der Waals surface area contributed by atoms with E-state index in [1.54, 1.807) is 0 Å². The average Bonchev–Trinajstić information content (AvgIpc) is 3.08. The van der Waals surface area contributed by atoms with Crippen LogP contribution in [0, 0.1) is 5.92 Å². The number of hydrogen-bond acceptors (Lipinski definition) is 4. The summed E-state index contributed by atoms with van der Waals surface area (Å²) in [6.45, 7) is 9.70. The topological polar surface area (TPSA) is 35.7 Å². The lowest BCUT2D eigenvalue weighted by molar-refractivity contribution is 0.0220. The Morgan fingerprint density at radius 1 is 1.21 bits per heavy atom. The standard InChI is InChI=1S/C15H30N4/c1-17(10-11-18-6-2-3-7-18)15(13-16)5-9-19-8-4-14(15)12-19/h14H,2-13,16H2,1H3. The second-order valence-corrected chi connectivity index (χ2v) is 6.81. The molecule has 3 heterocycles. The third kappa shape index (κ3) is 2.56. The van der Waals surface area contributed by atoms with Crippen LogP contribution < -0.4 is 5.73 Å². The molecule has 3 aliphatic rings. The van der Waals surface area contributed by atoms with E-state index in [0.29, 0.717) is 0 Å². The third-order valence-corrected chi connectivity index (χ3v) is 5.96. The van der Waals surface area contributed by atoms with E-state index in [1.165, 1.54) is 71.5 Å². The zero-order chi connectivity index (χ0) is 13.3. The van der Waals surface area contributed by atoms with Crippen LogP contribution in [0.3, 0.4) is 0 Å². The van der Waals surface area contributed by atoms with E-state index in [9.17, 15) is 0 Å². The molecule has 0 saturated carbocycles. The van der Waals surface area contributed by atoms with Crippen molar-refractivity contribution in [1.29, 1.82) is 0 Å². The lowest BCUT2D eigenvalue weighted by Crippen LogP contribution is -2.61. The molecule has 0 amide bonds. The van der Waals surface area contributed by atoms with Crippen molar-refractivity contribution in [2.45, 2.75) is 31.2 Å². The fourth-order valence-corrected chi connectivity index (χ4v) is 4.48. The van der Waals surface area contributed by atoms with Crippen molar-refractivity contribution in [3.05, 3.63) is 0 Å². The number of hydrogen-bond donors (Lipinski definition) is 1. The summed E-state index contributed by atoms with van der Waals surface area (Å²) in [4.78, 5) is 7.84.